The molecule has 0 aromatic heterocycles. The highest BCUT2D eigenvalue weighted by Crippen LogP contribution is 2.74. The standard InChI is InChI=1S/C36H60O4/c1-10-24-16-19-35(8)28(27(24)13-12-25(11-2)40-30(37)22-33(5,6)32(38)39)14-15-29-31-26(23(3)4)17-18-34(31,7)20-21-36(29,35)9/h24-29,31H,3,10-22H2,1-2,4-9H3,(H,38,39)/t24?,25?,26-,27?,28+,29?,31+,34?,35?,36+/m0/s1. The van der Waals surface area contributed by atoms with E-state index in [0.29, 0.717) is 28.1 Å². The zero-order valence-corrected chi connectivity index (χ0v) is 27.1. The summed E-state index contributed by atoms with van der Waals surface area (Å²) in [5.74, 6) is 3.13. The molecule has 0 aromatic rings. The Labute approximate surface area is 245 Å². The highest BCUT2D eigenvalue weighted by molar-refractivity contribution is 5.81. The Morgan fingerprint density at radius 1 is 0.975 bits per heavy atom. The van der Waals surface area contributed by atoms with E-state index in [1.165, 1.54) is 63.4 Å². The van der Waals surface area contributed by atoms with Gasteiger partial charge in [0.1, 0.15) is 6.10 Å². The summed E-state index contributed by atoms with van der Waals surface area (Å²) in [4.78, 5) is 24.2. The molecule has 4 rings (SSSR count). The van der Waals surface area contributed by atoms with Crippen LogP contribution in [0, 0.1) is 57.2 Å². The van der Waals surface area contributed by atoms with Gasteiger partial charge in [-0.3, -0.25) is 9.59 Å². The fourth-order valence-electron chi connectivity index (χ4n) is 10.9. The second kappa shape index (κ2) is 11.4. The zero-order valence-electron chi connectivity index (χ0n) is 27.1. The minimum absolute atomic E-state index is 0.0778. The summed E-state index contributed by atoms with van der Waals surface area (Å²) < 4.78 is 5.89. The predicted molar refractivity (Wildman–Crippen MR) is 163 cm³/mol. The molecule has 6 unspecified atom stereocenters. The van der Waals surface area contributed by atoms with Crippen molar-refractivity contribution in [3.63, 3.8) is 0 Å². The number of hydrogen-bond acceptors (Lipinski definition) is 3. The molecule has 228 valence electrons. The molecule has 0 spiro atoms. The first-order chi connectivity index (χ1) is 18.6. The van der Waals surface area contributed by atoms with E-state index < -0.39 is 11.4 Å². The molecule has 4 fully saturated rings. The SMILES string of the molecule is C=C(C)[C@@H]1CCC2(C)CC[C@]3(C)C(CC[C@@H]4C(CCC(CC)OC(=O)CC(C)(C)C(=O)O)C(CC)CCC43C)[C@@H]12. The van der Waals surface area contributed by atoms with Crippen molar-refractivity contribution in [3.05, 3.63) is 12.2 Å². The van der Waals surface area contributed by atoms with E-state index in [1.54, 1.807) is 13.8 Å². The maximum atomic E-state index is 12.7. The Kier molecular flexibility index (Phi) is 9.01. The Balaban J connectivity index is 1.52. The van der Waals surface area contributed by atoms with Gasteiger partial charge in [0.15, 0.2) is 0 Å². The van der Waals surface area contributed by atoms with Crippen molar-refractivity contribution in [2.45, 2.75) is 145 Å². The van der Waals surface area contributed by atoms with Crippen molar-refractivity contribution in [3.8, 4) is 0 Å². The summed E-state index contributed by atoms with van der Waals surface area (Å²) in [6.07, 6.45) is 14.7. The van der Waals surface area contributed by atoms with Crippen molar-refractivity contribution >= 4 is 11.9 Å². The molecule has 1 N–H and O–H groups in total. The molecule has 4 aliphatic carbocycles. The molecule has 4 heteroatoms. The molecule has 0 saturated heterocycles. The van der Waals surface area contributed by atoms with E-state index in [2.05, 4.69) is 48.1 Å². The van der Waals surface area contributed by atoms with Gasteiger partial charge in [-0.05, 0) is 143 Å². The number of fused-ring (bicyclic) bond motifs is 5. The van der Waals surface area contributed by atoms with E-state index in [9.17, 15) is 14.7 Å². The number of carbonyl (C=O) groups is 2. The lowest BCUT2D eigenvalue weighted by molar-refractivity contribution is -0.196. The number of aliphatic carboxylic acids is 1. The van der Waals surface area contributed by atoms with Crippen molar-refractivity contribution in [1.29, 1.82) is 0 Å². The third kappa shape index (κ3) is 5.32. The third-order valence-corrected chi connectivity index (χ3v) is 13.7. The van der Waals surface area contributed by atoms with Crippen LogP contribution in [0.4, 0.5) is 0 Å². The number of carboxylic acid groups (broad SMARTS) is 1. The monoisotopic (exact) mass is 556 g/mol. The van der Waals surface area contributed by atoms with E-state index in [-0.39, 0.29) is 18.5 Å². The number of rotatable bonds is 10. The topological polar surface area (TPSA) is 63.6 Å². The Morgan fingerprint density at radius 2 is 1.62 bits per heavy atom. The van der Waals surface area contributed by atoms with Crippen LogP contribution in [-0.2, 0) is 14.3 Å². The predicted octanol–water partition coefficient (Wildman–Crippen LogP) is 9.47. The first kappa shape index (κ1) is 31.6. The highest BCUT2D eigenvalue weighted by atomic mass is 16.5. The summed E-state index contributed by atoms with van der Waals surface area (Å²) >= 11 is 0. The van der Waals surface area contributed by atoms with Gasteiger partial charge in [0, 0.05) is 0 Å². The van der Waals surface area contributed by atoms with Gasteiger partial charge in [0.2, 0.25) is 0 Å². The second-order valence-corrected chi connectivity index (χ2v) is 16.1. The highest BCUT2D eigenvalue weighted by Gasteiger charge is 2.66. The molecule has 0 bridgehead atoms. The minimum Gasteiger partial charge on any atom is -0.481 e. The van der Waals surface area contributed by atoms with E-state index >= 15 is 0 Å². The molecule has 4 nitrogen and oxygen atoms in total. The molecule has 0 aromatic carbocycles. The van der Waals surface area contributed by atoms with Gasteiger partial charge in [-0.1, -0.05) is 53.2 Å². The van der Waals surface area contributed by atoms with Gasteiger partial charge in [0.25, 0.3) is 0 Å². The number of esters is 1. The maximum Gasteiger partial charge on any atom is 0.309 e. The maximum absolute atomic E-state index is 12.7. The molecule has 4 aliphatic rings. The minimum atomic E-state index is -1.10. The number of carboxylic acids is 1. The number of hydrogen-bond donors (Lipinski definition) is 1. The molecular formula is C36H60O4. The third-order valence-electron chi connectivity index (χ3n) is 13.7. The van der Waals surface area contributed by atoms with Crippen LogP contribution in [0.1, 0.15) is 139 Å². The fraction of sp³-hybridized carbons (Fsp3) is 0.889. The van der Waals surface area contributed by atoms with Crippen molar-refractivity contribution in [1.82, 2.24) is 0 Å². The van der Waals surface area contributed by atoms with Crippen molar-refractivity contribution in [2.24, 2.45) is 57.2 Å². The summed E-state index contributed by atoms with van der Waals surface area (Å²) in [6, 6.07) is 0. The van der Waals surface area contributed by atoms with Crippen LogP contribution in [-0.4, -0.2) is 23.1 Å². The molecule has 0 heterocycles. The lowest BCUT2D eigenvalue weighted by atomic mass is 9.36. The zero-order chi connectivity index (χ0) is 29.7. The van der Waals surface area contributed by atoms with Gasteiger partial charge in [0.05, 0.1) is 11.8 Å². The van der Waals surface area contributed by atoms with Crippen molar-refractivity contribution in [2.75, 3.05) is 0 Å². The molecule has 40 heavy (non-hydrogen) atoms. The average molecular weight is 557 g/mol. The molecule has 10 atom stereocenters. The first-order valence-electron chi connectivity index (χ1n) is 16.7. The van der Waals surface area contributed by atoms with Crippen LogP contribution in [0.3, 0.4) is 0 Å². The van der Waals surface area contributed by atoms with Crippen LogP contribution in [0.2, 0.25) is 0 Å². The lowest BCUT2D eigenvalue weighted by Crippen LogP contribution is -2.61. The number of ether oxygens (including phenoxy) is 1. The van der Waals surface area contributed by atoms with E-state index in [1.807, 2.05) is 0 Å². The number of carbonyl (C=O) groups excluding carboxylic acids is 1. The Bertz CT molecular complexity index is 968. The van der Waals surface area contributed by atoms with Crippen LogP contribution in [0.25, 0.3) is 0 Å². The summed E-state index contributed by atoms with van der Waals surface area (Å²) in [6.45, 7) is 22.4. The molecule has 0 radical (unpaired) electrons. The molecular weight excluding hydrogens is 496 g/mol. The first-order valence-corrected chi connectivity index (χ1v) is 16.7. The second-order valence-electron chi connectivity index (χ2n) is 16.1. The van der Waals surface area contributed by atoms with Crippen LogP contribution < -0.4 is 0 Å². The van der Waals surface area contributed by atoms with Gasteiger partial charge < -0.3 is 9.84 Å². The molecule has 0 amide bonds. The molecule has 4 saturated carbocycles. The summed E-state index contributed by atoms with van der Waals surface area (Å²) in [5.41, 5.74) is 1.56. The Hall–Kier alpha value is -1.32. The van der Waals surface area contributed by atoms with Gasteiger partial charge >= 0.3 is 11.9 Å². The van der Waals surface area contributed by atoms with Crippen LogP contribution in [0.5, 0.6) is 0 Å². The Morgan fingerprint density at radius 3 is 2.23 bits per heavy atom. The smallest absolute Gasteiger partial charge is 0.309 e. The van der Waals surface area contributed by atoms with Crippen LogP contribution >= 0.6 is 0 Å². The quantitative estimate of drug-likeness (QED) is 0.215. The number of allylic oxidation sites excluding steroid dienone is 1. The van der Waals surface area contributed by atoms with E-state index in [4.69, 9.17) is 4.74 Å². The fourth-order valence-corrected chi connectivity index (χ4v) is 10.9. The van der Waals surface area contributed by atoms with Gasteiger partial charge in [-0.25, -0.2) is 0 Å². The molecule has 0 aliphatic heterocycles. The normalized spacial score (nSPS) is 41.8. The van der Waals surface area contributed by atoms with Gasteiger partial charge in [-0.2, -0.15) is 0 Å². The van der Waals surface area contributed by atoms with Crippen molar-refractivity contribution < 1.29 is 19.4 Å². The summed E-state index contributed by atoms with van der Waals surface area (Å²) in [7, 11) is 0. The average Bonchev–Trinajstić information content (AvgIpc) is 3.24. The van der Waals surface area contributed by atoms with Gasteiger partial charge in [-0.15, -0.1) is 0 Å². The summed E-state index contributed by atoms with van der Waals surface area (Å²) in [5, 5.41) is 9.44. The lowest BCUT2D eigenvalue weighted by Gasteiger charge is -2.68. The van der Waals surface area contributed by atoms with Crippen LogP contribution in [0.15, 0.2) is 12.2 Å². The van der Waals surface area contributed by atoms with E-state index in [0.717, 1.165) is 42.9 Å². The largest absolute Gasteiger partial charge is 0.481 e.